The van der Waals surface area contributed by atoms with E-state index in [9.17, 15) is 8.42 Å². The zero-order chi connectivity index (χ0) is 13.2. The zero-order valence-corrected chi connectivity index (χ0v) is 12.4. The summed E-state index contributed by atoms with van der Waals surface area (Å²) in [6, 6.07) is 4.93. The van der Waals surface area contributed by atoms with E-state index in [-0.39, 0.29) is 5.09 Å². The molecule has 0 aliphatic heterocycles. The highest BCUT2D eigenvalue weighted by Gasteiger charge is 2.12. The van der Waals surface area contributed by atoms with E-state index in [1.165, 1.54) is 10.9 Å². The third-order valence-corrected chi connectivity index (χ3v) is 4.90. The fourth-order valence-corrected chi connectivity index (χ4v) is 3.30. The van der Waals surface area contributed by atoms with Gasteiger partial charge in [-0.05, 0) is 39.5 Å². The van der Waals surface area contributed by atoms with Gasteiger partial charge in [0.05, 0.1) is 6.54 Å². The Labute approximate surface area is 117 Å². The van der Waals surface area contributed by atoms with Crippen LogP contribution in [-0.2, 0) is 23.1 Å². The normalized spacial score (nSPS) is 11.9. The fraction of sp³-hybridized carbons (Fsp3) is 0.200. The van der Waals surface area contributed by atoms with E-state index < -0.39 is 10.0 Å². The zero-order valence-electron chi connectivity index (χ0n) is 9.22. The van der Waals surface area contributed by atoms with Gasteiger partial charge in [-0.15, -0.1) is 11.3 Å². The topological polar surface area (TPSA) is 85.3 Å². The number of hydrogen-bond donors (Lipinski definition) is 2. The summed E-state index contributed by atoms with van der Waals surface area (Å²) in [5.41, 5.74) is 0. The summed E-state index contributed by atoms with van der Waals surface area (Å²) in [5.74, 6) is 0.534. The fourth-order valence-electron chi connectivity index (χ4n) is 1.36. The lowest BCUT2D eigenvalue weighted by Gasteiger charge is -2.01. The second-order valence-electron chi connectivity index (χ2n) is 3.56. The standard InChI is InChI=1S/C10H11BrN2O3S2/c11-8-3-4-17-9(8)6-13-5-7-1-2-10(16-7)18(12,14)15/h1-4,13H,5-6H2,(H2,12,14,15). The van der Waals surface area contributed by atoms with E-state index in [0.717, 1.165) is 4.47 Å². The van der Waals surface area contributed by atoms with Gasteiger partial charge in [-0.1, -0.05) is 0 Å². The highest BCUT2D eigenvalue weighted by molar-refractivity contribution is 9.10. The molecule has 2 aromatic rings. The Balaban J connectivity index is 1.92. The van der Waals surface area contributed by atoms with Gasteiger partial charge in [0, 0.05) is 15.9 Å². The van der Waals surface area contributed by atoms with E-state index in [2.05, 4.69) is 21.2 Å². The molecule has 0 atom stereocenters. The molecule has 2 aromatic heterocycles. The lowest BCUT2D eigenvalue weighted by atomic mass is 10.4. The van der Waals surface area contributed by atoms with Gasteiger partial charge >= 0.3 is 0 Å². The largest absolute Gasteiger partial charge is 0.447 e. The van der Waals surface area contributed by atoms with Gasteiger partial charge in [-0.2, -0.15) is 0 Å². The van der Waals surface area contributed by atoms with Gasteiger partial charge in [0.1, 0.15) is 5.76 Å². The van der Waals surface area contributed by atoms with Crippen LogP contribution in [0.3, 0.4) is 0 Å². The number of nitrogens with two attached hydrogens (primary N) is 1. The van der Waals surface area contributed by atoms with Crippen LogP contribution in [0.5, 0.6) is 0 Å². The van der Waals surface area contributed by atoms with Crippen molar-refractivity contribution in [1.82, 2.24) is 5.32 Å². The third kappa shape index (κ3) is 3.42. The van der Waals surface area contributed by atoms with Crippen molar-refractivity contribution in [2.75, 3.05) is 0 Å². The average molecular weight is 351 g/mol. The summed E-state index contributed by atoms with van der Waals surface area (Å²) in [4.78, 5) is 1.17. The smallest absolute Gasteiger partial charge is 0.271 e. The molecular weight excluding hydrogens is 340 g/mol. The van der Waals surface area contributed by atoms with Crippen molar-refractivity contribution in [2.45, 2.75) is 18.2 Å². The molecule has 18 heavy (non-hydrogen) atoms. The molecule has 98 valence electrons. The van der Waals surface area contributed by atoms with Crippen molar-refractivity contribution < 1.29 is 12.8 Å². The molecule has 2 heterocycles. The predicted molar refractivity (Wildman–Crippen MR) is 72.6 cm³/mol. The van der Waals surface area contributed by atoms with Crippen LogP contribution in [0.15, 0.2) is 37.6 Å². The first-order valence-electron chi connectivity index (χ1n) is 5.01. The molecule has 0 bridgehead atoms. The van der Waals surface area contributed by atoms with E-state index in [0.29, 0.717) is 18.8 Å². The maximum Gasteiger partial charge on any atom is 0.271 e. The van der Waals surface area contributed by atoms with Crippen molar-refractivity contribution in [3.05, 3.63) is 38.7 Å². The Kier molecular flexibility index (Phi) is 4.23. The molecule has 2 rings (SSSR count). The van der Waals surface area contributed by atoms with Gasteiger partial charge in [0.15, 0.2) is 0 Å². The second-order valence-corrected chi connectivity index (χ2v) is 6.91. The Morgan fingerprint density at radius 2 is 2.11 bits per heavy atom. The van der Waals surface area contributed by atoms with Crippen molar-refractivity contribution in [3.63, 3.8) is 0 Å². The van der Waals surface area contributed by atoms with Crippen molar-refractivity contribution >= 4 is 37.3 Å². The van der Waals surface area contributed by atoms with Crippen LogP contribution in [0.1, 0.15) is 10.6 Å². The van der Waals surface area contributed by atoms with Crippen LogP contribution in [-0.4, -0.2) is 8.42 Å². The molecule has 0 aliphatic carbocycles. The first kappa shape index (κ1) is 13.8. The lowest BCUT2D eigenvalue weighted by Crippen LogP contribution is -2.12. The monoisotopic (exact) mass is 350 g/mol. The summed E-state index contributed by atoms with van der Waals surface area (Å²) in [5, 5.41) is 9.89. The SMILES string of the molecule is NS(=O)(=O)c1ccc(CNCc2sccc2Br)o1. The first-order chi connectivity index (χ1) is 8.47. The molecule has 0 spiro atoms. The summed E-state index contributed by atoms with van der Waals surface area (Å²) >= 11 is 5.07. The molecule has 0 radical (unpaired) electrons. The molecule has 0 aromatic carbocycles. The number of primary sulfonamides is 1. The molecule has 3 N–H and O–H groups in total. The summed E-state index contributed by atoms with van der Waals surface area (Å²) < 4.78 is 28.2. The van der Waals surface area contributed by atoms with Crippen LogP contribution in [0.4, 0.5) is 0 Å². The lowest BCUT2D eigenvalue weighted by molar-refractivity contribution is 0.402. The van der Waals surface area contributed by atoms with Gasteiger partial charge in [-0.25, -0.2) is 13.6 Å². The Bertz CT molecular complexity index is 633. The van der Waals surface area contributed by atoms with Crippen LogP contribution in [0.25, 0.3) is 0 Å². The van der Waals surface area contributed by atoms with Gasteiger partial charge in [0.25, 0.3) is 10.0 Å². The molecule has 0 unspecified atom stereocenters. The molecule has 8 heteroatoms. The summed E-state index contributed by atoms with van der Waals surface area (Å²) in [7, 11) is -3.76. The number of halogens is 1. The second kappa shape index (κ2) is 5.54. The van der Waals surface area contributed by atoms with E-state index >= 15 is 0 Å². The maximum atomic E-state index is 11.0. The number of thiophene rings is 1. The van der Waals surface area contributed by atoms with Crippen LogP contribution in [0.2, 0.25) is 0 Å². The number of hydrogen-bond acceptors (Lipinski definition) is 5. The van der Waals surface area contributed by atoms with Gasteiger partial charge in [0.2, 0.25) is 5.09 Å². The molecule has 0 aliphatic rings. The van der Waals surface area contributed by atoms with Gasteiger partial charge < -0.3 is 9.73 Å². The molecule has 5 nitrogen and oxygen atoms in total. The third-order valence-electron chi connectivity index (χ3n) is 2.19. The van der Waals surface area contributed by atoms with E-state index in [1.54, 1.807) is 17.4 Å². The highest BCUT2D eigenvalue weighted by Crippen LogP contribution is 2.22. The quantitative estimate of drug-likeness (QED) is 0.863. The predicted octanol–water partition coefficient (Wildman–Crippen LogP) is 2.04. The number of furan rings is 1. The summed E-state index contributed by atoms with van der Waals surface area (Å²) in [6.45, 7) is 1.13. The Hall–Kier alpha value is -0.670. The molecule has 0 saturated carbocycles. The Morgan fingerprint density at radius 1 is 1.33 bits per heavy atom. The molecular formula is C10H11BrN2O3S2. The number of rotatable bonds is 5. The Morgan fingerprint density at radius 3 is 2.67 bits per heavy atom. The average Bonchev–Trinajstić information content (AvgIpc) is 2.88. The van der Waals surface area contributed by atoms with Gasteiger partial charge in [-0.3, -0.25) is 0 Å². The van der Waals surface area contributed by atoms with E-state index in [1.807, 2.05) is 11.4 Å². The molecule has 0 fully saturated rings. The van der Waals surface area contributed by atoms with Crippen LogP contribution < -0.4 is 10.5 Å². The van der Waals surface area contributed by atoms with Crippen molar-refractivity contribution in [2.24, 2.45) is 5.14 Å². The van der Waals surface area contributed by atoms with Crippen molar-refractivity contribution in [3.8, 4) is 0 Å². The van der Waals surface area contributed by atoms with Crippen molar-refractivity contribution in [1.29, 1.82) is 0 Å². The first-order valence-corrected chi connectivity index (χ1v) is 8.23. The van der Waals surface area contributed by atoms with Crippen LogP contribution >= 0.6 is 27.3 Å². The maximum absolute atomic E-state index is 11.0. The highest BCUT2D eigenvalue weighted by atomic mass is 79.9. The van der Waals surface area contributed by atoms with Crippen LogP contribution in [0, 0.1) is 0 Å². The number of nitrogens with one attached hydrogen (secondary N) is 1. The number of sulfonamides is 1. The molecule has 0 amide bonds. The van der Waals surface area contributed by atoms with E-state index in [4.69, 9.17) is 9.56 Å². The minimum Gasteiger partial charge on any atom is -0.447 e. The minimum absolute atomic E-state index is 0.211. The molecule has 0 saturated heterocycles. The minimum atomic E-state index is -3.76. The summed E-state index contributed by atoms with van der Waals surface area (Å²) in [6.07, 6.45) is 0.